The Kier molecular flexibility index (Phi) is 14.3. The zero-order valence-electron chi connectivity index (χ0n) is 12.6. The molecule has 0 fully saturated rings. The second-order valence-electron chi connectivity index (χ2n) is 4.44. The van der Waals surface area contributed by atoms with Crippen LogP contribution in [0.1, 0.15) is 66.7 Å². The molecule has 3 unspecified atom stereocenters. The number of hydrogen-bond donors (Lipinski definition) is 0. The predicted octanol–water partition coefficient (Wildman–Crippen LogP) is 4.30. The monoisotopic (exact) mass is 261 g/mol. The summed E-state index contributed by atoms with van der Waals surface area (Å²) < 4.78 is 1.97. The quantitative estimate of drug-likeness (QED) is 0.607. The molecular formula is C14H32NOP. The number of Topliss-reactive ketones (excluding diaryl/α,β-unsaturated/α-hetero) is 1. The highest BCUT2D eigenvalue weighted by Gasteiger charge is 2.20. The Morgan fingerprint density at radius 3 is 2.12 bits per heavy atom. The molecule has 0 aromatic rings. The molecule has 0 radical (unpaired) electrons. The maximum atomic E-state index is 11.5. The summed E-state index contributed by atoms with van der Waals surface area (Å²) in [6.45, 7) is 10.1. The highest BCUT2D eigenvalue weighted by molar-refractivity contribution is 7.13. The Morgan fingerprint density at radius 1 is 1.29 bits per heavy atom. The van der Waals surface area contributed by atoms with Gasteiger partial charge in [0.15, 0.2) is 0 Å². The molecule has 17 heavy (non-hydrogen) atoms. The highest BCUT2D eigenvalue weighted by Crippen LogP contribution is 2.22. The van der Waals surface area contributed by atoms with E-state index in [1.807, 2.05) is 25.6 Å². The summed E-state index contributed by atoms with van der Waals surface area (Å²) in [5.41, 5.74) is 0. The van der Waals surface area contributed by atoms with Crippen LogP contribution in [-0.4, -0.2) is 23.5 Å². The normalized spacial score (nSPS) is 13.9. The van der Waals surface area contributed by atoms with E-state index in [0.29, 0.717) is 5.92 Å². The van der Waals surface area contributed by atoms with E-state index in [9.17, 15) is 4.79 Å². The van der Waals surface area contributed by atoms with Crippen molar-refractivity contribution >= 4 is 15.2 Å². The van der Waals surface area contributed by atoms with Crippen LogP contribution in [0.5, 0.6) is 0 Å². The van der Waals surface area contributed by atoms with Gasteiger partial charge in [-0.3, -0.25) is 9.46 Å². The second-order valence-corrected chi connectivity index (χ2v) is 5.26. The van der Waals surface area contributed by atoms with Crippen molar-refractivity contribution in [1.82, 2.24) is 4.67 Å². The van der Waals surface area contributed by atoms with Crippen LogP contribution in [0.4, 0.5) is 0 Å². The van der Waals surface area contributed by atoms with Gasteiger partial charge in [-0.2, -0.15) is 0 Å². The van der Waals surface area contributed by atoms with Gasteiger partial charge in [0.05, 0.1) is 6.04 Å². The van der Waals surface area contributed by atoms with Crippen molar-refractivity contribution in [3.05, 3.63) is 0 Å². The average Bonchev–Trinajstić information content (AvgIpc) is 2.31. The van der Waals surface area contributed by atoms with Gasteiger partial charge in [-0.1, -0.05) is 62.8 Å². The fourth-order valence-corrected chi connectivity index (χ4v) is 2.25. The van der Waals surface area contributed by atoms with Gasteiger partial charge in [0.2, 0.25) is 0 Å². The van der Waals surface area contributed by atoms with Gasteiger partial charge < -0.3 is 0 Å². The van der Waals surface area contributed by atoms with E-state index >= 15 is 0 Å². The first-order valence-corrected chi connectivity index (χ1v) is 7.52. The minimum absolute atomic E-state index is 0.0804. The highest BCUT2D eigenvalue weighted by atomic mass is 31.0. The molecule has 0 saturated carbocycles. The molecule has 0 bridgehead atoms. The maximum Gasteiger partial charge on any atom is 0.147 e. The van der Waals surface area contributed by atoms with Crippen LogP contribution >= 0.6 is 9.39 Å². The molecule has 0 aromatic carbocycles. The van der Waals surface area contributed by atoms with Crippen LogP contribution in [0.15, 0.2) is 0 Å². The standard InChI is InChI=1S/C12H26NOP.C2H6/c1-5-7-8-11(6-2)9-12(10(3)14)13(4)15;1-2/h11-12H,5-9,15H2,1-4H3;1-2H3. The van der Waals surface area contributed by atoms with Crippen LogP contribution in [0.3, 0.4) is 0 Å². The molecule has 0 N–H and O–H groups in total. The van der Waals surface area contributed by atoms with Crippen LogP contribution in [0.2, 0.25) is 0 Å². The van der Waals surface area contributed by atoms with E-state index in [0.717, 1.165) is 6.42 Å². The summed E-state index contributed by atoms with van der Waals surface area (Å²) >= 11 is 0. The van der Waals surface area contributed by atoms with Gasteiger partial charge in [-0.05, 0) is 26.3 Å². The molecule has 0 spiro atoms. The Morgan fingerprint density at radius 2 is 1.82 bits per heavy atom. The van der Waals surface area contributed by atoms with Crippen LogP contribution < -0.4 is 0 Å². The molecule has 2 nitrogen and oxygen atoms in total. The van der Waals surface area contributed by atoms with Crippen molar-refractivity contribution in [3.63, 3.8) is 0 Å². The van der Waals surface area contributed by atoms with Crippen molar-refractivity contribution < 1.29 is 4.79 Å². The molecule has 0 aliphatic heterocycles. The van der Waals surface area contributed by atoms with Gasteiger partial charge in [-0.25, -0.2) is 0 Å². The van der Waals surface area contributed by atoms with E-state index in [2.05, 4.69) is 23.2 Å². The largest absolute Gasteiger partial charge is 0.298 e. The Labute approximate surface area is 111 Å². The molecule has 0 saturated heterocycles. The second kappa shape index (κ2) is 12.5. The van der Waals surface area contributed by atoms with E-state index in [1.54, 1.807) is 6.92 Å². The Hall–Kier alpha value is 0.0600. The van der Waals surface area contributed by atoms with E-state index in [-0.39, 0.29) is 11.8 Å². The molecular weight excluding hydrogens is 229 g/mol. The van der Waals surface area contributed by atoms with Crippen molar-refractivity contribution in [1.29, 1.82) is 0 Å². The minimum Gasteiger partial charge on any atom is -0.298 e. The summed E-state index contributed by atoms with van der Waals surface area (Å²) in [5, 5.41) is 0. The van der Waals surface area contributed by atoms with Crippen molar-refractivity contribution in [2.24, 2.45) is 5.92 Å². The Balaban J connectivity index is 0. The number of carbonyl (C=O) groups excluding carboxylic acids is 1. The SMILES string of the molecule is CC.CCCCC(CC)CC(C(C)=O)N(C)P. The van der Waals surface area contributed by atoms with Gasteiger partial charge in [0.25, 0.3) is 0 Å². The molecule has 0 amide bonds. The van der Waals surface area contributed by atoms with E-state index < -0.39 is 0 Å². The summed E-state index contributed by atoms with van der Waals surface area (Å²) in [5.74, 6) is 0.976. The van der Waals surface area contributed by atoms with E-state index in [4.69, 9.17) is 0 Å². The first-order valence-electron chi connectivity index (χ1n) is 7.00. The molecule has 3 heteroatoms. The summed E-state index contributed by atoms with van der Waals surface area (Å²) in [6.07, 6.45) is 5.98. The maximum absolute atomic E-state index is 11.5. The van der Waals surface area contributed by atoms with Gasteiger partial charge >= 0.3 is 0 Å². The number of nitrogens with zero attached hydrogens (tertiary/aromatic N) is 1. The van der Waals surface area contributed by atoms with Gasteiger partial charge in [0, 0.05) is 0 Å². The van der Waals surface area contributed by atoms with Crippen LogP contribution in [-0.2, 0) is 4.79 Å². The molecule has 104 valence electrons. The number of carbonyl (C=O) groups is 1. The fraction of sp³-hybridized carbons (Fsp3) is 0.929. The zero-order chi connectivity index (χ0) is 13.8. The van der Waals surface area contributed by atoms with Crippen molar-refractivity contribution in [2.45, 2.75) is 72.8 Å². The lowest BCUT2D eigenvalue weighted by atomic mass is 9.91. The lowest BCUT2D eigenvalue weighted by Crippen LogP contribution is -2.32. The molecule has 3 atom stereocenters. The number of unbranched alkanes of at least 4 members (excludes halogenated alkanes) is 1. The lowest BCUT2D eigenvalue weighted by molar-refractivity contribution is -0.120. The summed E-state index contributed by atoms with van der Waals surface area (Å²) in [4.78, 5) is 11.5. The third-order valence-corrected chi connectivity index (χ3v) is 3.42. The molecule has 0 heterocycles. The van der Waals surface area contributed by atoms with Crippen molar-refractivity contribution in [2.75, 3.05) is 7.05 Å². The minimum atomic E-state index is 0.0804. The average molecular weight is 261 g/mol. The zero-order valence-corrected chi connectivity index (χ0v) is 13.8. The number of rotatable bonds is 8. The first kappa shape index (κ1) is 19.4. The third kappa shape index (κ3) is 9.73. The summed E-state index contributed by atoms with van der Waals surface area (Å²) in [6, 6.07) is 0.0804. The molecule has 0 rings (SSSR count). The molecule has 0 aliphatic rings. The number of ketones is 1. The number of likely N-dealkylation sites (N-methyl/N-ethyl adjacent to an activating group) is 1. The van der Waals surface area contributed by atoms with Crippen molar-refractivity contribution in [3.8, 4) is 0 Å². The van der Waals surface area contributed by atoms with Crippen LogP contribution in [0.25, 0.3) is 0 Å². The predicted molar refractivity (Wildman–Crippen MR) is 81.2 cm³/mol. The summed E-state index contributed by atoms with van der Waals surface area (Å²) in [7, 11) is 4.57. The van der Waals surface area contributed by atoms with Gasteiger partial charge in [0.1, 0.15) is 5.78 Å². The molecule has 0 aromatic heterocycles. The smallest absolute Gasteiger partial charge is 0.147 e. The molecule has 0 aliphatic carbocycles. The fourth-order valence-electron chi connectivity index (χ4n) is 1.92. The first-order chi connectivity index (χ1) is 8.02. The van der Waals surface area contributed by atoms with E-state index in [1.165, 1.54) is 25.7 Å². The topological polar surface area (TPSA) is 20.3 Å². The third-order valence-electron chi connectivity index (χ3n) is 3.06. The Bertz CT molecular complexity index is 183. The van der Waals surface area contributed by atoms with Gasteiger partial charge in [-0.15, -0.1) is 0 Å². The number of hydrogen-bond acceptors (Lipinski definition) is 2. The lowest BCUT2D eigenvalue weighted by Gasteiger charge is -2.25. The van der Waals surface area contributed by atoms with Crippen LogP contribution in [0, 0.1) is 5.92 Å².